The van der Waals surface area contributed by atoms with E-state index in [-0.39, 0.29) is 23.7 Å². The van der Waals surface area contributed by atoms with Gasteiger partial charge in [0, 0.05) is 57.0 Å². The normalized spacial score (nSPS) is 25.1. The topological polar surface area (TPSA) is 52.6 Å². The second-order valence-electron chi connectivity index (χ2n) is 9.29. The molecule has 5 heteroatoms. The molecular formula is C22H41N3O2. The highest BCUT2D eigenvalue weighted by atomic mass is 16.2. The summed E-state index contributed by atoms with van der Waals surface area (Å²) < 4.78 is 0. The monoisotopic (exact) mass is 379 g/mol. The summed E-state index contributed by atoms with van der Waals surface area (Å²) in [5, 5.41) is 3.13. The Balaban J connectivity index is 1.55. The Kier molecular flexibility index (Phi) is 9.24. The van der Waals surface area contributed by atoms with Crippen LogP contribution in [0.1, 0.15) is 59.8 Å². The quantitative estimate of drug-likeness (QED) is 0.626. The third kappa shape index (κ3) is 7.53. The van der Waals surface area contributed by atoms with Crippen molar-refractivity contribution >= 4 is 11.7 Å². The molecule has 27 heavy (non-hydrogen) atoms. The molecule has 1 aliphatic carbocycles. The van der Waals surface area contributed by atoms with Gasteiger partial charge < -0.3 is 15.1 Å². The average molecular weight is 380 g/mol. The van der Waals surface area contributed by atoms with Crippen LogP contribution < -0.4 is 5.32 Å². The van der Waals surface area contributed by atoms with E-state index >= 15 is 0 Å². The Hall–Kier alpha value is -0.940. The van der Waals surface area contributed by atoms with Gasteiger partial charge in [-0.15, -0.1) is 0 Å². The van der Waals surface area contributed by atoms with E-state index in [1.807, 2.05) is 13.8 Å². The Bertz CT molecular complexity index is 462. The Labute approximate surface area is 166 Å². The van der Waals surface area contributed by atoms with Crippen LogP contribution in [0.5, 0.6) is 0 Å². The second kappa shape index (κ2) is 11.2. The van der Waals surface area contributed by atoms with Gasteiger partial charge in [-0.2, -0.15) is 0 Å². The van der Waals surface area contributed by atoms with Crippen LogP contribution in [0, 0.1) is 23.7 Å². The lowest BCUT2D eigenvalue weighted by Crippen LogP contribution is -2.47. The van der Waals surface area contributed by atoms with Crippen LogP contribution in [0.3, 0.4) is 0 Å². The molecule has 2 aliphatic rings. The molecule has 0 aromatic rings. The van der Waals surface area contributed by atoms with Crippen LogP contribution in [0.15, 0.2) is 0 Å². The van der Waals surface area contributed by atoms with Gasteiger partial charge in [-0.05, 0) is 44.6 Å². The summed E-state index contributed by atoms with van der Waals surface area (Å²) in [6.45, 7) is 16.2. The maximum Gasteiger partial charge on any atom is 0.223 e. The second-order valence-corrected chi connectivity index (χ2v) is 9.29. The SMILES string of the molecule is CC(C)CN1CCN(CCCNC(=O)C2CCC(C(=O)C(C)C)CC2)CC1. The summed E-state index contributed by atoms with van der Waals surface area (Å²) in [6.07, 6.45) is 4.53. The molecule has 1 N–H and O–H groups in total. The zero-order chi connectivity index (χ0) is 19.8. The number of nitrogens with zero attached hydrogens (tertiary/aromatic N) is 2. The molecule has 0 aromatic heterocycles. The van der Waals surface area contributed by atoms with Gasteiger partial charge in [0.05, 0.1) is 0 Å². The van der Waals surface area contributed by atoms with Crippen molar-refractivity contribution in [1.29, 1.82) is 0 Å². The molecule has 5 nitrogen and oxygen atoms in total. The van der Waals surface area contributed by atoms with Gasteiger partial charge in [0.2, 0.25) is 5.91 Å². The van der Waals surface area contributed by atoms with Crippen LogP contribution in [-0.4, -0.2) is 67.3 Å². The van der Waals surface area contributed by atoms with E-state index < -0.39 is 0 Å². The van der Waals surface area contributed by atoms with Crippen molar-refractivity contribution in [3.8, 4) is 0 Å². The highest BCUT2D eigenvalue weighted by Crippen LogP contribution is 2.31. The number of hydrogen-bond acceptors (Lipinski definition) is 4. The van der Waals surface area contributed by atoms with Crippen LogP contribution in [0.2, 0.25) is 0 Å². The lowest BCUT2D eigenvalue weighted by molar-refractivity contribution is -0.130. The standard InChI is InChI=1S/C22H41N3O2/c1-17(2)16-25-14-12-24(13-15-25)11-5-10-23-22(27)20-8-6-19(7-9-20)21(26)18(3)4/h17-20H,5-16H2,1-4H3,(H,23,27). The van der Waals surface area contributed by atoms with Gasteiger partial charge in [-0.1, -0.05) is 27.7 Å². The molecule has 1 amide bonds. The summed E-state index contributed by atoms with van der Waals surface area (Å²) in [6, 6.07) is 0. The zero-order valence-corrected chi connectivity index (χ0v) is 18.0. The van der Waals surface area contributed by atoms with Crippen LogP contribution in [-0.2, 0) is 9.59 Å². The van der Waals surface area contributed by atoms with E-state index in [9.17, 15) is 9.59 Å². The van der Waals surface area contributed by atoms with Crippen molar-refractivity contribution in [1.82, 2.24) is 15.1 Å². The molecule has 1 saturated carbocycles. The Morgan fingerprint density at radius 1 is 0.889 bits per heavy atom. The number of piperazine rings is 1. The first-order valence-electron chi connectivity index (χ1n) is 11.1. The molecule has 1 heterocycles. The van der Waals surface area contributed by atoms with E-state index in [2.05, 4.69) is 29.0 Å². The predicted molar refractivity (Wildman–Crippen MR) is 111 cm³/mol. The number of amides is 1. The fourth-order valence-electron chi connectivity index (χ4n) is 4.48. The minimum absolute atomic E-state index is 0.112. The molecule has 0 radical (unpaired) electrons. The van der Waals surface area contributed by atoms with Crippen LogP contribution in [0.4, 0.5) is 0 Å². The molecule has 0 spiro atoms. The maximum atomic E-state index is 12.4. The first kappa shape index (κ1) is 22.4. The van der Waals surface area contributed by atoms with Crippen LogP contribution >= 0.6 is 0 Å². The number of ketones is 1. The number of hydrogen-bond donors (Lipinski definition) is 1. The molecule has 0 unspecified atom stereocenters. The minimum Gasteiger partial charge on any atom is -0.356 e. The van der Waals surface area contributed by atoms with Crippen molar-refractivity contribution in [3.63, 3.8) is 0 Å². The molecule has 1 saturated heterocycles. The molecule has 0 bridgehead atoms. The lowest BCUT2D eigenvalue weighted by atomic mass is 9.77. The first-order chi connectivity index (χ1) is 12.9. The van der Waals surface area contributed by atoms with Gasteiger partial charge in [0.1, 0.15) is 5.78 Å². The summed E-state index contributed by atoms with van der Waals surface area (Å²) in [5.74, 6) is 1.73. The van der Waals surface area contributed by atoms with Gasteiger partial charge in [-0.3, -0.25) is 9.59 Å². The predicted octanol–water partition coefficient (Wildman–Crippen LogP) is 2.80. The number of nitrogens with one attached hydrogen (secondary N) is 1. The summed E-state index contributed by atoms with van der Waals surface area (Å²) in [5.41, 5.74) is 0. The lowest BCUT2D eigenvalue weighted by Gasteiger charge is -2.35. The summed E-state index contributed by atoms with van der Waals surface area (Å²) >= 11 is 0. The van der Waals surface area contributed by atoms with E-state index in [1.54, 1.807) is 0 Å². The maximum absolute atomic E-state index is 12.4. The van der Waals surface area contributed by atoms with Crippen LogP contribution in [0.25, 0.3) is 0 Å². The molecule has 2 fully saturated rings. The minimum atomic E-state index is 0.112. The molecule has 156 valence electrons. The van der Waals surface area contributed by atoms with E-state index in [4.69, 9.17) is 0 Å². The van der Waals surface area contributed by atoms with E-state index in [1.165, 1.54) is 19.6 Å². The Morgan fingerprint density at radius 2 is 1.44 bits per heavy atom. The molecule has 0 aromatic carbocycles. The van der Waals surface area contributed by atoms with Crippen molar-refractivity contribution in [2.75, 3.05) is 45.8 Å². The summed E-state index contributed by atoms with van der Waals surface area (Å²) in [4.78, 5) is 29.6. The summed E-state index contributed by atoms with van der Waals surface area (Å²) in [7, 11) is 0. The fraction of sp³-hybridized carbons (Fsp3) is 0.909. The van der Waals surface area contributed by atoms with Crippen molar-refractivity contribution in [2.24, 2.45) is 23.7 Å². The highest BCUT2D eigenvalue weighted by Gasteiger charge is 2.30. The van der Waals surface area contributed by atoms with Gasteiger partial charge in [0.15, 0.2) is 0 Å². The fourth-order valence-corrected chi connectivity index (χ4v) is 4.48. The molecule has 0 atom stereocenters. The van der Waals surface area contributed by atoms with Crippen molar-refractivity contribution in [3.05, 3.63) is 0 Å². The molecule has 2 rings (SSSR count). The van der Waals surface area contributed by atoms with Gasteiger partial charge in [-0.25, -0.2) is 0 Å². The number of carbonyl (C=O) groups is 2. The van der Waals surface area contributed by atoms with E-state index in [0.29, 0.717) is 5.78 Å². The van der Waals surface area contributed by atoms with Gasteiger partial charge >= 0.3 is 0 Å². The Morgan fingerprint density at radius 3 is 2.00 bits per heavy atom. The average Bonchev–Trinajstić information content (AvgIpc) is 2.65. The largest absolute Gasteiger partial charge is 0.356 e. The van der Waals surface area contributed by atoms with Gasteiger partial charge in [0.25, 0.3) is 0 Å². The van der Waals surface area contributed by atoms with E-state index in [0.717, 1.165) is 64.2 Å². The van der Waals surface area contributed by atoms with Crippen molar-refractivity contribution < 1.29 is 9.59 Å². The number of carbonyl (C=O) groups excluding carboxylic acids is 2. The highest BCUT2D eigenvalue weighted by molar-refractivity contribution is 5.83. The molecular weight excluding hydrogens is 338 g/mol. The number of rotatable bonds is 9. The van der Waals surface area contributed by atoms with Crippen molar-refractivity contribution in [2.45, 2.75) is 59.8 Å². The number of Topliss-reactive ketones (excluding diaryl/α,β-unsaturated/α-hetero) is 1. The third-order valence-corrected chi connectivity index (χ3v) is 6.11. The first-order valence-corrected chi connectivity index (χ1v) is 11.1. The third-order valence-electron chi connectivity index (χ3n) is 6.11. The molecule has 1 aliphatic heterocycles. The smallest absolute Gasteiger partial charge is 0.223 e. The zero-order valence-electron chi connectivity index (χ0n) is 18.0.